The van der Waals surface area contributed by atoms with Gasteiger partial charge in [0, 0.05) is 36.5 Å². The highest BCUT2D eigenvalue weighted by atomic mass is 16.3. The van der Waals surface area contributed by atoms with E-state index in [0.717, 1.165) is 0 Å². The summed E-state index contributed by atoms with van der Waals surface area (Å²) in [4.78, 5) is 28.1. The first kappa shape index (κ1) is 14.3. The average Bonchev–Trinajstić information content (AvgIpc) is 2.80. The Kier molecular flexibility index (Phi) is 3.63. The maximum Gasteiger partial charge on any atom is 0.272 e. The van der Waals surface area contributed by atoms with E-state index in [9.17, 15) is 9.59 Å². The van der Waals surface area contributed by atoms with Crippen LogP contribution in [0.2, 0.25) is 0 Å². The van der Waals surface area contributed by atoms with E-state index in [1.165, 1.54) is 16.8 Å². The summed E-state index contributed by atoms with van der Waals surface area (Å²) >= 11 is 0. The number of hydrogen-bond donors (Lipinski definition) is 3. The summed E-state index contributed by atoms with van der Waals surface area (Å²) in [5, 5.41) is 14.6. The monoisotopic (exact) mass is 278 g/mol. The quantitative estimate of drug-likeness (QED) is 0.737. The van der Waals surface area contributed by atoms with Crippen molar-refractivity contribution in [3.05, 3.63) is 33.9 Å². The highest BCUT2D eigenvalue weighted by Crippen LogP contribution is 2.12. The van der Waals surface area contributed by atoms with E-state index in [4.69, 9.17) is 5.11 Å². The van der Waals surface area contributed by atoms with E-state index >= 15 is 0 Å². The number of aryl methyl sites for hydroxylation is 1. The molecule has 0 aliphatic carbocycles. The van der Waals surface area contributed by atoms with Gasteiger partial charge in [0.1, 0.15) is 5.56 Å². The zero-order valence-corrected chi connectivity index (χ0v) is 11.7. The van der Waals surface area contributed by atoms with Crippen LogP contribution in [0.5, 0.6) is 0 Å². The molecule has 0 unspecified atom stereocenters. The van der Waals surface area contributed by atoms with Gasteiger partial charge in [-0.25, -0.2) is 9.50 Å². The van der Waals surface area contributed by atoms with Crippen LogP contribution in [-0.4, -0.2) is 38.8 Å². The minimum absolute atomic E-state index is 0.0298. The van der Waals surface area contributed by atoms with Crippen molar-refractivity contribution in [3.8, 4) is 0 Å². The fourth-order valence-corrected chi connectivity index (χ4v) is 1.73. The zero-order valence-electron chi connectivity index (χ0n) is 11.7. The summed E-state index contributed by atoms with van der Waals surface area (Å²) in [6.45, 7) is 5.68. The fourth-order valence-electron chi connectivity index (χ4n) is 1.73. The Morgan fingerprint density at radius 3 is 2.90 bits per heavy atom. The van der Waals surface area contributed by atoms with Crippen LogP contribution >= 0.6 is 0 Å². The van der Waals surface area contributed by atoms with Gasteiger partial charge >= 0.3 is 0 Å². The second-order valence-electron chi connectivity index (χ2n) is 5.59. The number of nitrogens with one attached hydrogen (secondary N) is 2. The summed E-state index contributed by atoms with van der Waals surface area (Å²) in [6.07, 6.45) is 1.45. The van der Waals surface area contributed by atoms with Crippen molar-refractivity contribution in [1.29, 1.82) is 0 Å². The zero-order chi connectivity index (χ0) is 14.9. The van der Waals surface area contributed by atoms with Gasteiger partial charge in [-0.3, -0.25) is 14.7 Å². The number of aromatic amines is 1. The lowest BCUT2D eigenvalue weighted by atomic mass is 9.95. The van der Waals surface area contributed by atoms with E-state index in [1.54, 1.807) is 6.92 Å². The second-order valence-corrected chi connectivity index (χ2v) is 5.59. The maximum absolute atomic E-state index is 12.1. The van der Waals surface area contributed by atoms with Crippen molar-refractivity contribution in [3.63, 3.8) is 0 Å². The highest BCUT2D eigenvalue weighted by Gasteiger charge is 2.20. The smallest absolute Gasteiger partial charge is 0.272 e. The number of aliphatic hydroxyl groups is 1. The predicted molar refractivity (Wildman–Crippen MR) is 73.7 cm³/mol. The average molecular weight is 278 g/mol. The maximum atomic E-state index is 12.1. The van der Waals surface area contributed by atoms with Crippen molar-refractivity contribution in [2.45, 2.75) is 20.8 Å². The third-order valence-electron chi connectivity index (χ3n) is 3.03. The molecule has 0 saturated carbocycles. The first-order valence-corrected chi connectivity index (χ1v) is 6.31. The van der Waals surface area contributed by atoms with E-state index in [-0.39, 0.29) is 18.1 Å². The standard InChI is InChI=1S/C13H18N4O3/c1-8-4-10(19)17-11(16-8)9(5-15-17)12(20)14-6-13(2,3)7-18/h4-5,15,18H,6-7H2,1-3H3,(H,14,20). The van der Waals surface area contributed by atoms with Gasteiger partial charge in [0.25, 0.3) is 11.5 Å². The van der Waals surface area contributed by atoms with Crippen molar-refractivity contribution < 1.29 is 9.90 Å². The molecule has 2 aromatic rings. The number of aliphatic hydroxyl groups excluding tert-OH is 1. The molecule has 2 heterocycles. The largest absolute Gasteiger partial charge is 0.396 e. The number of nitrogens with zero attached hydrogens (tertiary/aromatic N) is 2. The molecule has 0 fully saturated rings. The molecular formula is C13H18N4O3. The topological polar surface area (TPSA) is 99.5 Å². The lowest BCUT2D eigenvalue weighted by molar-refractivity contribution is 0.0912. The molecule has 0 atom stereocenters. The first-order valence-electron chi connectivity index (χ1n) is 6.31. The molecule has 0 spiro atoms. The summed E-state index contributed by atoms with van der Waals surface area (Å²) in [6, 6.07) is 1.39. The molecule has 0 aliphatic rings. The molecule has 7 nitrogen and oxygen atoms in total. The van der Waals surface area contributed by atoms with E-state index in [2.05, 4.69) is 15.4 Å². The Bertz CT molecular complexity index is 699. The summed E-state index contributed by atoms with van der Waals surface area (Å²) in [5.41, 5.74) is 0.498. The van der Waals surface area contributed by atoms with E-state index in [0.29, 0.717) is 23.4 Å². The second kappa shape index (κ2) is 5.09. The van der Waals surface area contributed by atoms with Gasteiger partial charge in [-0.2, -0.15) is 0 Å². The Hall–Kier alpha value is -2.15. The molecule has 1 amide bonds. The molecule has 3 N–H and O–H groups in total. The van der Waals surface area contributed by atoms with Gasteiger partial charge in [-0.1, -0.05) is 13.8 Å². The van der Waals surface area contributed by atoms with E-state index in [1.807, 2.05) is 13.8 Å². The van der Waals surface area contributed by atoms with Crippen LogP contribution in [0.3, 0.4) is 0 Å². The normalized spacial score (nSPS) is 11.8. The number of amides is 1. The predicted octanol–water partition coefficient (Wildman–Crippen LogP) is 0.0793. The van der Waals surface area contributed by atoms with Crippen molar-refractivity contribution in [2.24, 2.45) is 5.41 Å². The number of fused-ring (bicyclic) bond motifs is 1. The molecule has 2 rings (SSSR count). The van der Waals surface area contributed by atoms with Gasteiger partial charge in [0.2, 0.25) is 0 Å². The highest BCUT2D eigenvalue weighted by molar-refractivity contribution is 5.99. The fraction of sp³-hybridized carbons (Fsp3) is 0.462. The Morgan fingerprint density at radius 1 is 1.55 bits per heavy atom. The van der Waals surface area contributed by atoms with E-state index < -0.39 is 5.41 Å². The van der Waals surface area contributed by atoms with Gasteiger partial charge in [-0.05, 0) is 6.92 Å². The summed E-state index contributed by atoms with van der Waals surface area (Å²) in [7, 11) is 0. The van der Waals surface area contributed by atoms with Gasteiger partial charge in [-0.15, -0.1) is 0 Å². The Balaban J connectivity index is 2.30. The number of hydrogen-bond acceptors (Lipinski definition) is 4. The number of aromatic nitrogens is 3. The van der Waals surface area contributed by atoms with Crippen molar-refractivity contribution in [2.75, 3.05) is 13.2 Å². The lowest BCUT2D eigenvalue weighted by Crippen LogP contribution is -2.36. The first-order chi connectivity index (χ1) is 9.34. The van der Waals surface area contributed by atoms with Crippen LogP contribution in [0, 0.1) is 12.3 Å². The Morgan fingerprint density at radius 2 is 2.25 bits per heavy atom. The lowest BCUT2D eigenvalue weighted by Gasteiger charge is -2.21. The molecule has 108 valence electrons. The van der Waals surface area contributed by atoms with Crippen molar-refractivity contribution in [1.82, 2.24) is 19.9 Å². The molecular weight excluding hydrogens is 260 g/mol. The van der Waals surface area contributed by atoms with Gasteiger partial charge < -0.3 is 10.4 Å². The van der Waals surface area contributed by atoms with Crippen LogP contribution in [0.15, 0.2) is 17.1 Å². The Labute approximate surface area is 115 Å². The summed E-state index contributed by atoms with van der Waals surface area (Å²) in [5.74, 6) is -0.331. The van der Waals surface area contributed by atoms with Crippen LogP contribution in [0.25, 0.3) is 5.65 Å². The van der Waals surface area contributed by atoms with Gasteiger partial charge in [0.15, 0.2) is 5.65 Å². The molecule has 0 aliphatic heterocycles. The number of H-pyrrole nitrogens is 1. The molecule has 7 heteroatoms. The van der Waals surface area contributed by atoms with Crippen LogP contribution < -0.4 is 10.9 Å². The van der Waals surface area contributed by atoms with Crippen LogP contribution in [0.1, 0.15) is 29.9 Å². The number of carbonyl (C=O) groups excluding carboxylic acids is 1. The van der Waals surface area contributed by atoms with Gasteiger partial charge in [0.05, 0.1) is 0 Å². The molecule has 20 heavy (non-hydrogen) atoms. The minimum Gasteiger partial charge on any atom is -0.396 e. The minimum atomic E-state index is -0.401. The molecule has 0 radical (unpaired) electrons. The summed E-state index contributed by atoms with van der Waals surface area (Å²) < 4.78 is 1.22. The van der Waals surface area contributed by atoms with Crippen molar-refractivity contribution >= 4 is 11.6 Å². The molecule has 0 aromatic carbocycles. The van der Waals surface area contributed by atoms with Crippen LogP contribution in [0.4, 0.5) is 0 Å². The molecule has 2 aromatic heterocycles. The third-order valence-corrected chi connectivity index (χ3v) is 3.03. The molecule has 0 bridgehead atoms. The number of carbonyl (C=O) groups is 1. The number of rotatable bonds is 4. The van der Waals surface area contributed by atoms with Crippen LogP contribution in [-0.2, 0) is 0 Å². The SMILES string of the molecule is Cc1cc(=O)n2[nH]cc(C(=O)NCC(C)(C)CO)c2n1. The third kappa shape index (κ3) is 2.72. The molecule has 0 saturated heterocycles.